The smallest absolute Gasteiger partial charge is 0.319 e. The first-order valence-corrected chi connectivity index (χ1v) is 17.8. The fourth-order valence-corrected chi connectivity index (χ4v) is 3.59. The van der Waals surface area contributed by atoms with Crippen LogP contribution < -0.4 is 0 Å². The van der Waals surface area contributed by atoms with E-state index in [-0.39, 0.29) is 0 Å². The Morgan fingerprint density at radius 3 is 1.00 bits per heavy atom. The predicted octanol–water partition coefficient (Wildman–Crippen LogP) is 6.65. The summed E-state index contributed by atoms with van der Waals surface area (Å²) in [6, 6.07) is 9.19. The Balaban J connectivity index is 0. The minimum Gasteiger partial charge on any atom is -0.325 e. The summed E-state index contributed by atoms with van der Waals surface area (Å²) in [5.41, 5.74) is 3.24. The van der Waals surface area contributed by atoms with Crippen LogP contribution in [-0.4, -0.2) is 29.4 Å². The highest BCUT2D eigenvalue weighted by molar-refractivity contribution is 8.06. The van der Waals surface area contributed by atoms with Crippen molar-refractivity contribution in [3.8, 4) is 0 Å². The quantitative estimate of drug-likeness (QED) is 0.0985. The van der Waals surface area contributed by atoms with Crippen molar-refractivity contribution >= 4 is 37.1 Å². The van der Waals surface area contributed by atoms with Gasteiger partial charge < -0.3 is 29.4 Å². The van der Waals surface area contributed by atoms with Gasteiger partial charge in [0, 0.05) is 0 Å². The number of unbranched alkanes of at least 4 members (excludes halogenated alkanes) is 12. The molecule has 1 aromatic carbocycles. The molecule has 0 aromatic heterocycles. The summed E-state index contributed by atoms with van der Waals surface area (Å²) >= 11 is 7.21. The number of hydrogen-bond donors (Lipinski definition) is 6. The van der Waals surface area contributed by atoms with Crippen LogP contribution in [0.2, 0.25) is 0 Å². The zero-order valence-electron chi connectivity index (χ0n) is 21.0. The summed E-state index contributed by atoms with van der Waals surface area (Å²) < 4.78 is 0. The molecule has 10 heteroatoms. The lowest BCUT2D eigenvalue weighted by Gasteiger charge is -2.10. The van der Waals surface area contributed by atoms with Gasteiger partial charge in [-0.2, -0.15) is 0 Å². The Labute approximate surface area is 218 Å². The van der Waals surface area contributed by atoms with Crippen LogP contribution in [0, 0.1) is 0 Å². The molecule has 6 nitrogen and oxygen atoms in total. The molecule has 0 aliphatic carbocycles. The number of hydrogen-bond acceptors (Lipinski definition) is 2. The molecule has 0 heterocycles. The fraction of sp³-hybridized carbons (Fsp3) is 0.750. The van der Waals surface area contributed by atoms with Crippen LogP contribution in [0.1, 0.15) is 115 Å². The highest BCUT2D eigenvalue weighted by Gasteiger charge is 2.02. The molecule has 0 spiro atoms. The van der Waals surface area contributed by atoms with E-state index in [2.05, 4.69) is 61.7 Å². The predicted molar refractivity (Wildman–Crippen MR) is 152 cm³/mol. The van der Waals surface area contributed by atoms with E-state index in [0.29, 0.717) is 0 Å². The summed E-state index contributed by atoms with van der Waals surface area (Å²) in [5.74, 6) is 0. The van der Waals surface area contributed by atoms with Crippen LogP contribution in [0.3, 0.4) is 0 Å². The van der Waals surface area contributed by atoms with E-state index in [1.807, 2.05) is 0 Å². The molecule has 0 bridgehead atoms. The van der Waals surface area contributed by atoms with Crippen LogP contribution in [0.15, 0.2) is 24.3 Å². The third kappa shape index (κ3) is 36.8. The van der Waals surface area contributed by atoms with Gasteiger partial charge in [0.1, 0.15) is 0 Å². The van der Waals surface area contributed by atoms with E-state index in [1.165, 1.54) is 103 Å². The Morgan fingerprint density at radius 1 is 0.500 bits per heavy atom. The maximum absolute atomic E-state index is 7.56. The third-order valence-corrected chi connectivity index (χ3v) is 5.22. The van der Waals surface area contributed by atoms with Gasteiger partial charge in [-0.05, 0) is 60.4 Å². The van der Waals surface area contributed by atoms with Gasteiger partial charge in [0.05, 0.1) is 0 Å². The van der Waals surface area contributed by atoms with Gasteiger partial charge in [0.15, 0.2) is 0 Å². The van der Waals surface area contributed by atoms with Gasteiger partial charge in [0.25, 0.3) is 0 Å². The molecule has 202 valence electrons. The standard InChI is InChI=1S/C24H42.2H3O3PS/c1-3-5-7-9-11-13-15-19-23-21-17-18-22-24(23)20-16-14-12-10-8-6-4-2;2*1-4(2,3)5/h17-18,21-22H,3-16,19-20H2,1-2H3;2*(H3,1,2,3,5). The average Bonchev–Trinajstić information content (AvgIpc) is 2.71. The third-order valence-electron chi connectivity index (χ3n) is 5.22. The second-order valence-corrected chi connectivity index (χ2v) is 13.5. The molecular formula is C24H48O6P2S2. The van der Waals surface area contributed by atoms with Crippen LogP contribution >= 0.6 is 13.4 Å². The van der Waals surface area contributed by atoms with E-state index in [1.54, 1.807) is 11.1 Å². The summed E-state index contributed by atoms with van der Waals surface area (Å²) in [7, 11) is 0. The monoisotopic (exact) mass is 558 g/mol. The van der Waals surface area contributed by atoms with Crippen LogP contribution in [0.5, 0.6) is 0 Å². The summed E-state index contributed by atoms with van der Waals surface area (Å²) in [5, 5.41) is 0. The van der Waals surface area contributed by atoms with Crippen LogP contribution in [0.25, 0.3) is 0 Å². The van der Waals surface area contributed by atoms with E-state index in [4.69, 9.17) is 29.4 Å². The lowest BCUT2D eigenvalue weighted by molar-refractivity contribution is 0.361. The Bertz CT molecular complexity index is 606. The molecule has 34 heavy (non-hydrogen) atoms. The normalized spacial score (nSPS) is 11.3. The highest BCUT2D eigenvalue weighted by atomic mass is 32.5. The molecular weight excluding hydrogens is 510 g/mol. The zero-order chi connectivity index (χ0) is 26.3. The summed E-state index contributed by atoms with van der Waals surface area (Å²) in [6.07, 6.45) is 22.3. The van der Waals surface area contributed by atoms with Gasteiger partial charge in [-0.1, -0.05) is 115 Å². The molecule has 0 amide bonds. The number of benzene rings is 1. The first-order chi connectivity index (χ1) is 15.9. The van der Waals surface area contributed by atoms with E-state index >= 15 is 0 Å². The Kier molecular flexibility index (Phi) is 25.4. The van der Waals surface area contributed by atoms with Crippen LogP contribution in [-0.2, 0) is 36.5 Å². The van der Waals surface area contributed by atoms with Crippen molar-refractivity contribution in [3.05, 3.63) is 35.4 Å². The molecule has 0 aliphatic rings. The Morgan fingerprint density at radius 2 is 0.735 bits per heavy atom. The maximum Gasteiger partial charge on any atom is 0.319 e. The van der Waals surface area contributed by atoms with Crippen molar-refractivity contribution in [1.82, 2.24) is 0 Å². The first kappa shape index (κ1) is 36.4. The van der Waals surface area contributed by atoms with Crippen LogP contribution in [0.4, 0.5) is 0 Å². The van der Waals surface area contributed by atoms with E-state index in [0.717, 1.165) is 0 Å². The SMILES string of the molecule is CCCCCCCCCc1ccccc1CCCCCCCCC.OP(O)(O)=S.OP(O)(O)=S. The summed E-state index contributed by atoms with van der Waals surface area (Å²) in [4.78, 5) is 45.3. The molecule has 0 saturated carbocycles. The van der Waals surface area contributed by atoms with Crippen molar-refractivity contribution in [2.45, 2.75) is 117 Å². The van der Waals surface area contributed by atoms with E-state index in [9.17, 15) is 0 Å². The molecule has 6 N–H and O–H groups in total. The molecule has 1 rings (SSSR count). The first-order valence-electron chi connectivity index (χ1n) is 12.5. The number of rotatable bonds is 16. The molecule has 0 unspecified atom stereocenters. The maximum atomic E-state index is 7.56. The Hall–Kier alpha value is 0.280. The van der Waals surface area contributed by atoms with Crippen molar-refractivity contribution < 1.29 is 29.4 Å². The zero-order valence-corrected chi connectivity index (χ0v) is 24.4. The van der Waals surface area contributed by atoms with Crippen molar-refractivity contribution in [1.29, 1.82) is 0 Å². The average molecular weight is 559 g/mol. The highest BCUT2D eigenvalue weighted by Crippen LogP contribution is 2.27. The molecule has 1 aromatic rings. The topological polar surface area (TPSA) is 121 Å². The van der Waals surface area contributed by atoms with Gasteiger partial charge in [0.2, 0.25) is 0 Å². The second-order valence-electron chi connectivity index (χ2n) is 8.54. The fourth-order valence-electron chi connectivity index (χ4n) is 3.59. The van der Waals surface area contributed by atoms with E-state index < -0.39 is 13.4 Å². The molecule has 0 atom stereocenters. The summed E-state index contributed by atoms with van der Waals surface area (Å²) in [6.45, 7) is -3.02. The van der Waals surface area contributed by atoms with Crippen molar-refractivity contribution in [2.24, 2.45) is 0 Å². The largest absolute Gasteiger partial charge is 0.325 e. The minimum absolute atomic E-state index is 1.29. The van der Waals surface area contributed by atoms with Gasteiger partial charge in [-0.15, -0.1) is 0 Å². The lowest BCUT2D eigenvalue weighted by Crippen LogP contribution is -1.95. The second kappa shape index (κ2) is 23.7. The number of aryl methyl sites for hydroxylation is 2. The molecule has 0 saturated heterocycles. The van der Waals surface area contributed by atoms with Crippen molar-refractivity contribution in [3.63, 3.8) is 0 Å². The van der Waals surface area contributed by atoms with Gasteiger partial charge in [-0.25, -0.2) is 0 Å². The molecule has 0 radical (unpaired) electrons. The lowest BCUT2D eigenvalue weighted by atomic mass is 9.96. The van der Waals surface area contributed by atoms with Gasteiger partial charge >= 0.3 is 13.4 Å². The molecule has 0 fully saturated rings. The van der Waals surface area contributed by atoms with Crippen molar-refractivity contribution in [2.75, 3.05) is 0 Å². The minimum atomic E-state index is -3.81. The molecule has 0 aliphatic heterocycles. The van der Waals surface area contributed by atoms with Gasteiger partial charge in [-0.3, -0.25) is 0 Å².